The zero-order valence-corrected chi connectivity index (χ0v) is 13.3. The minimum atomic E-state index is -0.455. The van der Waals surface area contributed by atoms with Crippen LogP contribution in [0.15, 0.2) is 72.9 Å². The molecule has 1 amide bonds. The van der Waals surface area contributed by atoms with Crippen molar-refractivity contribution in [2.45, 2.75) is 6.04 Å². The summed E-state index contributed by atoms with van der Waals surface area (Å²) in [6.07, 6.45) is 1.86. The molecule has 0 saturated carbocycles. The summed E-state index contributed by atoms with van der Waals surface area (Å²) in [4.78, 5) is 14.3. The Kier molecular flexibility index (Phi) is 4.24. The lowest BCUT2D eigenvalue weighted by molar-refractivity contribution is -0.131. The van der Waals surface area contributed by atoms with E-state index in [9.17, 15) is 4.79 Å². The third-order valence-corrected chi connectivity index (χ3v) is 3.73. The fraction of sp³-hybridized carbons (Fsp3) is 0.158. The van der Waals surface area contributed by atoms with Gasteiger partial charge < -0.3 is 4.90 Å². The van der Waals surface area contributed by atoms with E-state index < -0.39 is 6.04 Å². The van der Waals surface area contributed by atoms with Crippen molar-refractivity contribution in [3.05, 3.63) is 78.5 Å². The van der Waals surface area contributed by atoms with E-state index in [0.29, 0.717) is 0 Å². The minimum Gasteiger partial charge on any atom is -0.347 e. The molecule has 3 aromatic rings. The molecule has 116 valence electrons. The lowest BCUT2D eigenvalue weighted by Gasteiger charge is -2.21. The molecule has 0 aliphatic rings. The lowest BCUT2D eigenvalue weighted by Crippen LogP contribution is -2.32. The first kappa shape index (κ1) is 15.0. The molecule has 0 spiro atoms. The first-order valence-electron chi connectivity index (χ1n) is 7.53. The van der Waals surface area contributed by atoms with Gasteiger partial charge in [0.2, 0.25) is 0 Å². The van der Waals surface area contributed by atoms with Gasteiger partial charge in [0.05, 0.1) is 5.69 Å². The maximum Gasteiger partial charge on any atom is 0.251 e. The van der Waals surface area contributed by atoms with Crippen molar-refractivity contribution in [2.75, 3.05) is 14.1 Å². The van der Waals surface area contributed by atoms with Gasteiger partial charge in [-0.1, -0.05) is 60.7 Å². The zero-order chi connectivity index (χ0) is 16.2. The summed E-state index contributed by atoms with van der Waals surface area (Å²) >= 11 is 0. The van der Waals surface area contributed by atoms with E-state index in [0.717, 1.165) is 16.8 Å². The molecule has 4 nitrogen and oxygen atoms in total. The molecule has 0 aliphatic heterocycles. The molecule has 0 N–H and O–H groups in total. The van der Waals surface area contributed by atoms with Gasteiger partial charge in [-0.15, -0.1) is 0 Å². The van der Waals surface area contributed by atoms with Crippen molar-refractivity contribution in [1.29, 1.82) is 0 Å². The van der Waals surface area contributed by atoms with Crippen LogP contribution in [0.5, 0.6) is 0 Å². The van der Waals surface area contributed by atoms with E-state index in [2.05, 4.69) is 5.10 Å². The lowest BCUT2D eigenvalue weighted by atomic mass is 10.1. The van der Waals surface area contributed by atoms with Gasteiger partial charge in [0.25, 0.3) is 5.91 Å². The summed E-state index contributed by atoms with van der Waals surface area (Å²) in [6, 6.07) is 21.2. The second-order valence-electron chi connectivity index (χ2n) is 5.59. The van der Waals surface area contributed by atoms with Crippen molar-refractivity contribution < 1.29 is 4.79 Å². The molecule has 0 saturated heterocycles. The molecule has 23 heavy (non-hydrogen) atoms. The van der Waals surface area contributed by atoms with Crippen LogP contribution in [-0.4, -0.2) is 34.7 Å². The summed E-state index contributed by atoms with van der Waals surface area (Å²) < 4.78 is 1.74. The summed E-state index contributed by atoms with van der Waals surface area (Å²) in [7, 11) is 3.53. The number of amides is 1. The van der Waals surface area contributed by atoms with Crippen LogP contribution in [0, 0.1) is 0 Å². The number of carbonyl (C=O) groups is 1. The third kappa shape index (κ3) is 3.16. The zero-order valence-electron chi connectivity index (χ0n) is 13.3. The highest BCUT2D eigenvalue weighted by molar-refractivity contribution is 5.83. The second kappa shape index (κ2) is 6.48. The molecule has 0 fully saturated rings. The molecular formula is C19H19N3O. The predicted molar refractivity (Wildman–Crippen MR) is 90.9 cm³/mol. The number of rotatable bonds is 4. The first-order chi connectivity index (χ1) is 11.2. The molecule has 1 unspecified atom stereocenters. The Labute approximate surface area is 136 Å². The molecule has 1 heterocycles. The Morgan fingerprint density at radius 3 is 2.17 bits per heavy atom. The molecule has 0 radical (unpaired) electrons. The molecular weight excluding hydrogens is 286 g/mol. The Morgan fingerprint density at radius 2 is 1.57 bits per heavy atom. The number of aromatic nitrogens is 2. The largest absolute Gasteiger partial charge is 0.347 e. The van der Waals surface area contributed by atoms with Crippen LogP contribution >= 0.6 is 0 Å². The summed E-state index contributed by atoms with van der Waals surface area (Å²) in [5.74, 6) is -0.00101. The van der Waals surface area contributed by atoms with Crippen LogP contribution in [-0.2, 0) is 4.79 Å². The third-order valence-electron chi connectivity index (χ3n) is 3.73. The van der Waals surface area contributed by atoms with Gasteiger partial charge in [0.1, 0.15) is 0 Å². The first-order valence-corrected chi connectivity index (χ1v) is 7.53. The van der Waals surface area contributed by atoms with E-state index in [1.807, 2.05) is 72.9 Å². The van der Waals surface area contributed by atoms with Gasteiger partial charge in [-0.25, -0.2) is 0 Å². The maximum atomic E-state index is 12.7. The monoisotopic (exact) mass is 305 g/mol. The van der Waals surface area contributed by atoms with Crippen LogP contribution in [0.1, 0.15) is 11.6 Å². The highest BCUT2D eigenvalue weighted by atomic mass is 16.2. The second-order valence-corrected chi connectivity index (χ2v) is 5.59. The Balaban J connectivity index is 2.01. The molecule has 4 heteroatoms. The van der Waals surface area contributed by atoms with Crippen LogP contribution in [0.2, 0.25) is 0 Å². The van der Waals surface area contributed by atoms with E-state index >= 15 is 0 Å². The number of likely N-dealkylation sites (N-methyl/N-ethyl adjacent to an activating group) is 1. The van der Waals surface area contributed by atoms with Gasteiger partial charge in [0, 0.05) is 25.9 Å². The van der Waals surface area contributed by atoms with E-state index in [-0.39, 0.29) is 5.91 Å². The topological polar surface area (TPSA) is 38.1 Å². The highest BCUT2D eigenvalue weighted by Crippen LogP contribution is 2.23. The van der Waals surface area contributed by atoms with E-state index in [1.165, 1.54) is 0 Å². The van der Waals surface area contributed by atoms with E-state index in [1.54, 1.807) is 23.7 Å². The van der Waals surface area contributed by atoms with Gasteiger partial charge >= 0.3 is 0 Å². The van der Waals surface area contributed by atoms with Gasteiger partial charge in [-0.3, -0.25) is 9.48 Å². The number of carbonyl (C=O) groups excluding carboxylic acids is 1. The van der Waals surface area contributed by atoms with Crippen molar-refractivity contribution >= 4 is 5.91 Å². The fourth-order valence-electron chi connectivity index (χ4n) is 2.53. The highest BCUT2D eigenvalue weighted by Gasteiger charge is 2.25. The van der Waals surface area contributed by atoms with E-state index in [4.69, 9.17) is 0 Å². The Bertz CT molecular complexity index is 779. The van der Waals surface area contributed by atoms with Crippen molar-refractivity contribution in [3.63, 3.8) is 0 Å². The van der Waals surface area contributed by atoms with Crippen LogP contribution in [0.3, 0.4) is 0 Å². The maximum absolute atomic E-state index is 12.7. The predicted octanol–water partition coefficient (Wildman–Crippen LogP) is 3.23. The summed E-state index contributed by atoms with van der Waals surface area (Å²) in [5.41, 5.74) is 2.82. The van der Waals surface area contributed by atoms with Crippen LogP contribution in [0.25, 0.3) is 11.3 Å². The number of benzene rings is 2. The smallest absolute Gasteiger partial charge is 0.251 e. The Hall–Kier alpha value is -2.88. The van der Waals surface area contributed by atoms with Gasteiger partial charge in [-0.05, 0) is 11.6 Å². The average molecular weight is 305 g/mol. The fourth-order valence-corrected chi connectivity index (χ4v) is 2.53. The SMILES string of the molecule is CN(C)C(=O)C(c1ccccc1)n1ccc(-c2ccccc2)n1. The molecule has 3 rings (SSSR count). The molecule has 0 aliphatic carbocycles. The molecule has 0 bridgehead atoms. The van der Waals surface area contributed by atoms with Crippen molar-refractivity contribution in [2.24, 2.45) is 0 Å². The normalized spacial score (nSPS) is 11.9. The number of nitrogens with zero attached hydrogens (tertiary/aromatic N) is 3. The molecule has 1 atom stereocenters. The quantitative estimate of drug-likeness (QED) is 0.742. The van der Waals surface area contributed by atoms with Gasteiger partial charge in [-0.2, -0.15) is 5.10 Å². The number of hydrogen-bond donors (Lipinski definition) is 0. The average Bonchev–Trinajstić information content (AvgIpc) is 3.06. The van der Waals surface area contributed by atoms with Crippen LogP contribution < -0.4 is 0 Å². The molecule has 2 aromatic carbocycles. The Morgan fingerprint density at radius 1 is 0.957 bits per heavy atom. The minimum absolute atomic E-state index is 0.00101. The summed E-state index contributed by atoms with van der Waals surface area (Å²) in [5, 5.41) is 4.63. The van der Waals surface area contributed by atoms with Gasteiger partial charge in [0.15, 0.2) is 6.04 Å². The van der Waals surface area contributed by atoms with Crippen molar-refractivity contribution in [3.8, 4) is 11.3 Å². The molecule has 1 aromatic heterocycles. The van der Waals surface area contributed by atoms with Crippen molar-refractivity contribution in [1.82, 2.24) is 14.7 Å². The standard InChI is InChI=1S/C19H19N3O/c1-21(2)19(23)18(16-11-7-4-8-12-16)22-14-13-17(20-22)15-9-5-3-6-10-15/h3-14,18H,1-2H3. The van der Waals surface area contributed by atoms with Crippen LogP contribution in [0.4, 0.5) is 0 Å². The number of hydrogen-bond acceptors (Lipinski definition) is 2. The summed E-state index contributed by atoms with van der Waals surface area (Å²) in [6.45, 7) is 0.